The van der Waals surface area contributed by atoms with Gasteiger partial charge in [-0.25, -0.2) is 0 Å². The molecule has 0 saturated heterocycles. The third kappa shape index (κ3) is 5.82. The van der Waals surface area contributed by atoms with Crippen LogP contribution in [0, 0.1) is 0 Å². The summed E-state index contributed by atoms with van der Waals surface area (Å²) in [4.78, 5) is 24.3. The zero-order chi connectivity index (χ0) is 18.9. The summed E-state index contributed by atoms with van der Waals surface area (Å²) in [5.41, 5.74) is 3.40. The number of amides is 2. The predicted molar refractivity (Wildman–Crippen MR) is 108 cm³/mol. The Kier molecular flexibility index (Phi) is 6.36. The van der Waals surface area contributed by atoms with Gasteiger partial charge in [0.25, 0.3) is 5.91 Å². The van der Waals surface area contributed by atoms with E-state index in [1.165, 1.54) is 5.56 Å². The number of nitrogens with one attached hydrogen (secondary N) is 2. The first kappa shape index (κ1) is 18.4. The van der Waals surface area contributed by atoms with Gasteiger partial charge in [0.15, 0.2) is 0 Å². The summed E-state index contributed by atoms with van der Waals surface area (Å²) in [7, 11) is 0. The highest BCUT2D eigenvalue weighted by Crippen LogP contribution is 2.11. The van der Waals surface area contributed by atoms with Crippen molar-refractivity contribution in [3.8, 4) is 0 Å². The van der Waals surface area contributed by atoms with E-state index in [2.05, 4.69) is 10.6 Å². The first-order chi connectivity index (χ1) is 13.2. The van der Waals surface area contributed by atoms with E-state index in [0.717, 1.165) is 12.0 Å². The van der Waals surface area contributed by atoms with Gasteiger partial charge in [0.1, 0.15) is 0 Å². The molecule has 2 N–H and O–H groups in total. The Morgan fingerprint density at radius 1 is 0.704 bits per heavy atom. The molecule has 0 atom stereocenters. The van der Waals surface area contributed by atoms with Crippen LogP contribution in [0.3, 0.4) is 0 Å². The van der Waals surface area contributed by atoms with E-state index in [1.54, 1.807) is 24.3 Å². The van der Waals surface area contributed by atoms with E-state index in [4.69, 9.17) is 0 Å². The summed E-state index contributed by atoms with van der Waals surface area (Å²) in [5, 5.41) is 5.76. The average molecular weight is 358 g/mol. The van der Waals surface area contributed by atoms with Crippen LogP contribution in [0.1, 0.15) is 21.5 Å². The van der Waals surface area contributed by atoms with Crippen LogP contribution in [0.2, 0.25) is 0 Å². The highest BCUT2D eigenvalue weighted by Gasteiger charge is 2.07. The first-order valence-electron chi connectivity index (χ1n) is 8.97. The molecule has 0 bridgehead atoms. The number of hydrogen-bond donors (Lipinski definition) is 2. The van der Waals surface area contributed by atoms with Crippen LogP contribution in [0.5, 0.6) is 0 Å². The van der Waals surface area contributed by atoms with Gasteiger partial charge in [-0.15, -0.1) is 0 Å². The molecule has 0 spiro atoms. The van der Waals surface area contributed by atoms with Gasteiger partial charge < -0.3 is 10.6 Å². The topological polar surface area (TPSA) is 58.2 Å². The number of hydrogen-bond acceptors (Lipinski definition) is 2. The van der Waals surface area contributed by atoms with Crippen molar-refractivity contribution < 1.29 is 9.59 Å². The molecule has 0 aliphatic heterocycles. The Hall–Kier alpha value is -3.40. The molecule has 0 aliphatic carbocycles. The van der Waals surface area contributed by atoms with Crippen molar-refractivity contribution in [3.05, 3.63) is 102 Å². The van der Waals surface area contributed by atoms with Gasteiger partial charge in [0.05, 0.1) is 6.42 Å². The minimum Gasteiger partial charge on any atom is -0.352 e. The van der Waals surface area contributed by atoms with Crippen molar-refractivity contribution in [2.75, 3.05) is 11.9 Å². The molecule has 0 aliphatic rings. The van der Waals surface area contributed by atoms with Gasteiger partial charge in [-0.2, -0.15) is 0 Å². The van der Waals surface area contributed by atoms with E-state index in [-0.39, 0.29) is 11.8 Å². The van der Waals surface area contributed by atoms with Crippen molar-refractivity contribution in [1.82, 2.24) is 5.32 Å². The van der Waals surface area contributed by atoms with Crippen LogP contribution < -0.4 is 10.6 Å². The fourth-order valence-corrected chi connectivity index (χ4v) is 2.76. The lowest BCUT2D eigenvalue weighted by Crippen LogP contribution is -2.25. The summed E-state index contributed by atoms with van der Waals surface area (Å²) in [6.07, 6.45) is 1.11. The number of anilines is 1. The molecular formula is C23H22N2O2. The lowest BCUT2D eigenvalue weighted by atomic mass is 10.1. The molecule has 3 rings (SSSR count). The number of benzene rings is 3. The van der Waals surface area contributed by atoms with Crippen LogP contribution in [0.4, 0.5) is 5.69 Å². The maximum absolute atomic E-state index is 12.2. The van der Waals surface area contributed by atoms with Gasteiger partial charge in [-0.1, -0.05) is 60.7 Å². The summed E-state index contributed by atoms with van der Waals surface area (Å²) < 4.78 is 0. The molecule has 0 unspecified atom stereocenters. The number of carbonyl (C=O) groups is 2. The molecule has 0 aromatic heterocycles. The Bertz CT molecular complexity index is 875. The minimum atomic E-state index is -0.118. The molecule has 27 heavy (non-hydrogen) atoms. The molecule has 4 heteroatoms. The van der Waals surface area contributed by atoms with Crippen molar-refractivity contribution in [1.29, 1.82) is 0 Å². The van der Waals surface area contributed by atoms with E-state index in [9.17, 15) is 9.59 Å². The zero-order valence-electron chi connectivity index (χ0n) is 15.0. The van der Waals surface area contributed by atoms with Crippen LogP contribution in [0.25, 0.3) is 0 Å². The monoisotopic (exact) mass is 358 g/mol. The standard InChI is InChI=1S/C23H22N2O2/c26-22(17-19-9-5-2-6-10-19)25-21-13-11-20(12-14-21)23(27)24-16-15-18-7-3-1-4-8-18/h1-14H,15-17H2,(H,24,27)(H,25,26). The molecule has 0 radical (unpaired) electrons. The number of carbonyl (C=O) groups excluding carboxylic acids is 2. The minimum absolute atomic E-state index is 0.0822. The van der Waals surface area contributed by atoms with Gasteiger partial charge in [-0.05, 0) is 41.8 Å². The summed E-state index contributed by atoms with van der Waals surface area (Å²) in [5.74, 6) is -0.200. The third-order valence-electron chi connectivity index (χ3n) is 4.18. The molecule has 0 saturated carbocycles. The SMILES string of the molecule is O=C(Cc1ccccc1)Nc1ccc(C(=O)NCCc2ccccc2)cc1. The quantitative estimate of drug-likeness (QED) is 0.674. The molecular weight excluding hydrogens is 336 g/mol. The van der Waals surface area contributed by atoms with Crippen molar-refractivity contribution in [2.45, 2.75) is 12.8 Å². The van der Waals surface area contributed by atoms with E-state index in [1.807, 2.05) is 60.7 Å². The average Bonchev–Trinajstić information content (AvgIpc) is 2.70. The van der Waals surface area contributed by atoms with Crippen LogP contribution in [-0.2, 0) is 17.6 Å². The molecule has 4 nitrogen and oxygen atoms in total. The maximum Gasteiger partial charge on any atom is 0.251 e. The van der Waals surface area contributed by atoms with Crippen molar-refractivity contribution in [2.24, 2.45) is 0 Å². The normalized spacial score (nSPS) is 10.2. The summed E-state index contributed by atoms with van der Waals surface area (Å²) in [6, 6.07) is 26.5. The van der Waals surface area contributed by atoms with Crippen LogP contribution in [-0.4, -0.2) is 18.4 Å². The maximum atomic E-state index is 12.2. The smallest absolute Gasteiger partial charge is 0.251 e. The van der Waals surface area contributed by atoms with Crippen molar-refractivity contribution in [3.63, 3.8) is 0 Å². The first-order valence-corrected chi connectivity index (χ1v) is 8.97. The number of rotatable bonds is 7. The highest BCUT2D eigenvalue weighted by atomic mass is 16.2. The second-order valence-corrected chi connectivity index (χ2v) is 6.28. The lowest BCUT2D eigenvalue weighted by molar-refractivity contribution is -0.115. The molecule has 0 fully saturated rings. The highest BCUT2D eigenvalue weighted by molar-refractivity contribution is 5.96. The van der Waals surface area contributed by atoms with Gasteiger partial charge >= 0.3 is 0 Å². The lowest BCUT2D eigenvalue weighted by Gasteiger charge is -2.08. The Morgan fingerprint density at radius 3 is 1.93 bits per heavy atom. The second-order valence-electron chi connectivity index (χ2n) is 6.28. The molecule has 3 aromatic carbocycles. The molecule has 0 heterocycles. The predicted octanol–water partition coefficient (Wildman–Crippen LogP) is 3.84. The molecule has 3 aromatic rings. The second kappa shape index (κ2) is 9.34. The summed E-state index contributed by atoms with van der Waals surface area (Å²) in [6.45, 7) is 0.582. The van der Waals surface area contributed by atoms with Gasteiger partial charge in [0, 0.05) is 17.8 Å². The Balaban J connectivity index is 1.47. The molecule has 2 amide bonds. The fourth-order valence-electron chi connectivity index (χ4n) is 2.76. The largest absolute Gasteiger partial charge is 0.352 e. The van der Waals surface area contributed by atoms with Crippen LogP contribution >= 0.6 is 0 Å². The van der Waals surface area contributed by atoms with E-state index < -0.39 is 0 Å². The van der Waals surface area contributed by atoms with Gasteiger partial charge in [-0.3, -0.25) is 9.59 Å². The third-order valence-corrected chi connectivity index (χ3v) is 4.18. The zero-order valence-corrected chi connectivity index (χ0v) is 15.0. The summed E-state index contributed by atoms with van der Waals surface area (Å²) >= 11 is 0. The van der Waals surface area contributed by atoms with Crippen molar-refractivity contribution >= 4 is 17.5 Å². The van der Waals surface area contributed by atoms with E-state index >= 15 is 0 Å². The molecule has 136 valence electrons. The van der Waals surface area contributed by atoms with E-state index in [0.29, 0.717) is 24.2 Å². The Labute approximate surface area is 159 Å². The van der Waals surface area contributed by atoms with Crippen LogP contribution in [0.15, 0.2) is 84.9 Å². The van der Waals surface area contributed by atoms with Gasteiger partial charge in [0.2, 0.25) is 5.91 Å². The fraction of sp³-hybridized carbons (Fsp3) is 0.130. The Morgan fingerprint density at radius 2 is 1.30 bits per heavy atom.